The number of hydrogen-bond acceptors (Lipinski definition) is 3. The lowest BCUT2D eigenvalue weighted by atomic mass is 9.82. The van der Waals surface area contributed by atoms with Crippen LogP contribution >= 0.6 is 0 Å². The normalized spacial score (nSPS) is 20.4. The second-order valence-electron chi connectivity index (χ2n) is 5.93. The molecule has 1 saturated heterocycles. The predicted molar refractivity (Wildman–Crippen MR) is 79.5 cm³/mol. The lowest BCUT2D eigenvalue weighted by Gasteiger charge is -2.37. The van der Waals surface area contributed by atoms with Gasteiger partial charge in [-0.2, -0.15) is 0 Å². The van der Waals surface area contributed by atoms with Gasteiger partial charge in [0.2, 0.25) is 0 Å². The Bertz CT molecular complexity index is 423. The van der Waals surface area contributed by atoms with Gasteiger partial charge in [-0.3, -0.25) is 4.21 Å². The van der Waals surface area contributed by atoms with Crippen molar-refractivity contribution in [2.45, 2.75) is 20.0 Å². The molecule has 2 rings (SSSR count). The highest BCUT2D eigenvalue weighted by atomic mass is 32.2. The number of rotatable bonds is 4. The Kier molecular flexibility index (Phi) is 4.76. The molecule has 1 fully saturated rings. The molecule has 1 atom stereocenters. The minimum absolute atomic E-state index is 0.208. The Morgan fingerprint density at radius 3 is 2.42 bits per heavy atom. The van der Waals surface area contributed by atoms with E-state index in [9.17, 15) is 9.32 Å². The summed E-state index contributed by atoms with van der Waals surface area (Å²) in [4.78, 5) is 2.31. The molecule has 0 spiro atoms. The van der Waals surface area contributed by atoms with Crippen LogP contribution in [-0.4, -0.2) is 45.4 Å². The van der Waals surface area contributed by atoms with Crippen LogP contribution in [0.1, 0.15) is 25.5 Å². The largest absolute Gasteiger partial charge is 0.388 e. The van der Waals surface area contributed by atoms with Crippen molar-refractivity contribution >= 4 is 10.8 Å². The molecule has 0 radical (unpaired) electrons. The molecule has 4 heteroatoms. The number of aliphatic hydroxyl groups is 1. The fourth-order valence-corrected chi connectivity index (χ4v) is 3.71. The van der Waals surface area contributed by atoms with Crippen molar-refractivity contribution in [2.75, 3.05) is 31.1 Å². The lowest BCUT2D eigenvalue weighted by Crippen LogP contribution is -2.44. The van der Waals surface area contributed by atoms with Crippen LogP contribution in [0.4, 0.5) is 0 Å². The van der Waals surface area contributed by atoms with E-state index in [1.54, 1.807) is 0 Å². The lowest BCUT2D eigenvalue weighted by molar-refractivity contribution is 0.0223. The fraction of sp³-hybridized carbons (Fsp3) is 0.600. The first-order valence-corrected chi connectivity index (χ1v) is 8.28. The van der Waals surface area contributed by atoms with Crippen LogP contribution in [0.5, 0.6) is 0 Å². The highest BCUT2D eigenvalue weighted by molar-refractivity contribution is 7.85. The maximum absolute atomic E-state index is 11.4. The Hall–Kier alpha value is -0.710. The van der Waals surface area contributed by atoms with Crippen LogP contribution in [0.15, 0.2) is 30.3 Å². The van der Waals surface area contributed by atoms with E-state index < -0.39 is 16.9 Å². The van der Waals surface area contributed by atoms with Gasteiger partial charge in [0.25, 0.3) is 0 Å². The molecule has 0 amide bonds. The summed E-state index contributed by atoms with van der Waals surface area (Å²) in [6.07, 6.45) is -0.471. The van der Waals surface area contributed by atoms with E-state index in [1.165, 1.54) is 0 Å². The topological polar surface area (TPSA) is 40.5 Å². The standard InChI is InChI=1S/C15H23NO2S/c1-15(2,12-16-8-10-19(18)11-9-16)14(17)13-6-4-3-5-7-13/h3-7,14,17H,8-12H2,1-2H3. The fourth-order valence-electron chi connectivity index (χ4n) is 2.58. The van der Waals surface area contributed by atoms with Gasteiger partial charge in [0.1, 0.15) is 0 Å². The Labute approximate surface area is 118 Å². The highest BCUT2D eigenvalue weighted by Gasteiger charge is 2.32. The van der Waals surface area contributed by atoms with Crippen LogP contribution in [0.3, 0.4) is 0 Å². The molecule has 1 N–H and O–H groups in total. The van der Waals surface area contributed by atoms with E-state index >= 15 is 0 Å². The third kappa shape index (κ3) is 3.88. The molecule has 1 unspecified atom stereocenters. The second-order valence-corrected chi connectivity index (χ2v) is 7.62. The van der Waals surface area contributed by atoms with E-state index in [1.807, 2.05) is 30.3 Å². The maximum Gasteiger partial charge on any atom is 0.0853 e. The van der Waals surface area contributed by atoms with Crippen molar-refractivity contribution in [1.29, 1.82) is 0 Å². The molecular formula is C15H23NO2S. The van der Waals surface area contributed by atoms with Crippen molar-refractivity contribution < 1.29 is 9.32 Å². The molecule has 1 aromatic rings. The third-order valence-corrected chi connectivity index (χ3v) is 5.03. The van der Waals surface area contributed by atoms with Gasteiger partial charge >= 0.3 is 0 Å². The molecule has 0 bridgehead atoms. The first kappa shape index (κ1) is 14.7. The van der Waals surface area contributed by atoms with E-state index in [0.29, 0.717) is 0 Å². The molecule has 1 heterocycles. The maximum atomic E-state index is 11.4. The Balaban J connectivity index is 1.99. The van der Waals surface area contributed by atoms with Gasteiger partial charge in [0, 0.05) is 47.4 Å². The molecule has 1 aromatic carbocycles. The van der Waals surface area contributed by atoms with Gasteiger partial charge in [-0.15, -0.1) is 0 Å². The average molecular weight is 281 g/mol. The van der Waals surface area contributed by atoms with Crippen molar-refractivity contribution in [2.24, 2.45) is 5.41 Å². The van der Waals surface area contributed by atoms with Gasteiger partial charge < -0.3 is 10.0 Å². The van der Waals surface area contributed by atoms with Crippen molar-refractivity contribution in [3.8, 4) is 0 Å². The second kappa shape index (κ2) is 6.16. The average Bonchev–Trinajstić information content (AvgIpc) is 2.41. The quantitative estimate of drug-likeness (QED) is 0.915. The highest BCUT2D eigenvalue weighted by Crippen LogP contribution is 2.34. The zero-order valence-electron chi connectivity index (χ0n) is 11.7. The van der Waals surface area contributed by atoms with E-state index in [-0.39, 0.29) is 5.41 Å². The van der Waals surface area contributed by atoms with Gasteiger partial charge in [0.15, 0.2) is 0 Å². The molecule has 0 aliphatic carbocycles. The van der Waals surface area contributed by atoms with Gasteiger partial charge in [0.05, 0.1) is 6.10 Å². The predicted octanol–water partition coefficient (Wildman–Crippen LogP) is 1.81. The van der Waals surface area contributed by atoms with Crippen LogP contribution in [0.25, 0.3) is 0 Å². The summed E-state index contributed by atoms with van der Waals surface area (Å²) in [5.41, 5.74) is 0.758. The van der Waals surface area contributed by atoms with Crippen LogP contribution in [-0.2, 0) is 10.8 Å². The van der Waals surface area contributed by atoms with Crippen molar-refractivity contribution in [1.82, 2.24) is 4.90 Å². The van der Waals surface area contributed by atoms with Crippen LogP contribution < -0.4 is 0 Å². The molecule has 106 valence electrons. The Morgan fingerprint density at radius 2 is 1.84 bits per heavy atom. The molecule has 3 nitrogen and oxygen atoms in total. The first-order valence-electron chi connectivity index (χ1n) is 6.79. The number of nitrogens with zero attached hydrogens (tertiary/aromatic N) is 1. The van der Waals surface area contributed by atoms with E-state index in [4.69, 9.17) is 0 Å². The van der Waals surface area contributed by atoms with Crippen molar-refractivity contribution in [3.05, 3.63) is 35.9 Å². The summed E-state index contributed by atoms with van der Waals surface area (Å²) in [5.74, 6) is 1.52. The molecular weight excluding hydrogens is 258 g/mol. The van der Waals surface area contributed by atoms with Gasteiger partial charge in [-0.25, -0.2) is 0 Å². The summed E-state index contributed by atoms with van der Waals surface area (Å²) in [5, 5.41) is 10.5. The molecule has 0 aromatic heterocycles. The molecule has 0 saturated carbocycles. The van der Waals surface area contributed by atoms with Gasteiger partial charge in [-0.05, 0) is 5.56 Å². The van der Waals surface area contributed by atoms with Gasteiger partial charge in [-0.1, -0.05) is 44.2 Å². The number of benzene rings is 1. The minimum Gasteiger partial charge on any atom is -0.388 e. The molecule has 1 aliphatic heterocycles. The van der Waals surface area contributed by atoms with Crippen LogP contribution in [0, 0.1) is 5.41 Å². The monoisotopic (exact) mass is 281 g/mol. The van der Waals surface area contributed by atoms with E-state index in [2.05, 4.69) is 18.7 Å². The zero-order valence-corrected chi connectivity index (χ0v) is 12.5. The van der Waals surface area contributed by atoms with Crippen molar-refractivity contribution in [3.63, 3.8) is 0 Å². The number of aliphatic hydroxyl groups excluding tert-OH is 1. The molecule has 1 aliphatic rings. The van der Waals surface area contributed by atoms with E-state index in [0.717, 1.165) is 36.7 Å². The van der Waals surface area contributed by atoms with Crippen LogP contribution in [0.2, 0.25) is 0 Å². The smallest absolute Gasteiger partial charge is 0.0853 e. The zero-order chi connectivity index (χ0) is 13.9. The summed E-state index contributed by atoms with van der Waals surface area (Å²) in [6.45, 7) is 6.77. The summed E-state index contributed by atoms with van der Waals surface area (Å²) in [6, 6.07) is 9.82. The molecule has 19 heavy (non-hydrogen) atoms. The SMILES string of the molecule is CC(C)(CN1CCS(=O)CC1)C(O)c1ccccc1. The summed E-state index contributed by atoms with van der Waals surface area (Å²) >= 11 is 0. The summed E-state index contributed by atoms with van der Waals surface area (Å²) < 4.78 is 11.4. The number of hydrogen-bond donors (Lipinski definition) is 1. The third-order valence-electron chi connectivity index (χ3n) is 3.76. The first-order chi connectivity index (χ1) is 8.99. The Morgan fingerprint density at radius 1 is 1.26 bits per heavy atom. The summed E-state index contributed by atoms with van der Waals surface area (Å²) in [7, 11) is -0.640. The minimum atomic E-state index is -0.640.